The Labute approximate surface area is 136 Å². The standard InChI is InChI=1S/C16H14FN3S2/c17-13-8-4-5-9-14(13)21-10-11-22-16-18-15(19-20-16)12-6-2-1-3-7-12/h1-9H,10-11H2,(H,18,19,20). The molecule has 3 nitrogen and oxygen atoms in total. The zero-order chi connectivity index (χ0) is 15.2. The van der Waals surface area contributed by atoms with Crippen LogP contribution in [0.25, 0.3) is 11.4 Å². The molecule has 0 saturated carbocycles. The van der Waals surface area contributed by atoms with E-state index in [1.54, 1.807) is 23.9 Å². The fraction of sp³-hybridized carbons (Fsp3) is 0.125. The minimum Gasteiger partial charge on any atom is -0.258 e. The number of rotatable bonds is 6. The summed E-state index contributed by atoms with van der Waals surface area (Å²) in [7, 11) is 0. The van der Waals surface area contributed by atoms with Gasteiger partial charge in [0, 0.05) is 22.0 Å². The van der Waals surface area contributed by atoms with Crippen LogP contribution >= 0.6 is 23.5 Å². The summed E-state index contributed by atoms with van der Waals surface area (Å²) in [4.78, 5) is 5.14. The van der Waals surface area contributed by atoms with Gasteiger partial charge in [-0.15, -0.1) is 16.9 Å². The van der Waals surface area contributed by atoms with E-state index >= 15 is 0 Å². The molecule has 0 radical (unpaired) electrons. The molecule has 3 rings (SSSR count). The van der Waals surface area contributed by atoms with Gasteiger partial charge >= 0.3 is 0 Å². The van der Waals surface area contributed by atoms with Crippen LogP contribution in [0.1, 0.15) is 0 Å². The molecule has 0 atom stereocenters. The molecular weight excluding hydrogens is 317 g/mol. The number of H-pyrrole nitrogens is 1. The molecule has 0 aliphatic heterocycles. The van der Waals surface area contributed by atoms with Gasteiger partial charge < -0.3 is 0 Å². The lowest BCUT2D eigenvalue weighted by Gasteiger charge is -2.01. The molecular formula is C16H14FN3S2. The van der Waals surface area contributed by atoms with E-state index in [1.807, 2.05) is 36.4 Å². The van der Waals surface area contributed by atoms with E-state index in [9.17, 15) is 4.39 Å². The molecule has 112 valence electrons. The largest absolute Gasteiger partial charge is 0.258 e. The third kappa shape index (κ3) is 3.90. The minimum atomic E-state index is -0.165. The van der Waals surface area contributed by atoms with Gasteiger partial charge in [0.2, 0.25) is 5.16 Å². The van der Waals surface area contributed by atoms with Gasteiger partial charge in [-0.3, -0.25) is 5.10 Å². The second-order valence-corrected chi connectivity index (χ2v) is 6.66. The van der Waals surface area contributed by atoms with Crippen LogP contribution in [0.5, 0.6) is 0 Å². The van der Waals surface area contributed by atoms with Crippen molar-refractivity contribution in [3.63, 3.8) is 0 Å². The van der Waals surface area contributed by atoms with Crippen LogP contribution in [0.4, 0.5) is 4.39 Å². The van der Waals surface area contributed by atoms with Crippen LogP contribution in [0.15, 0.2) is 64.6 Å². The Morgan fingerprint density at radius 2 is 1.64 bits per heavy atom. The number of benzene rings is 2. The molecule has 0 aliphatic rings. The van der Waals surface area contributed by atoms with Gasteiger partial charge in [0.1, 0.15) is 5.82 Å². The van der Waals surface area contributed by atoms with Gasteiger partial charge in [-0.25, -0.2) is 9.37 Å². The molecule has 1 heterocycles. The summed E-state index contributed by atoms with van der Waals surface area (Å²) in [6.45, 7) is 0. The smallest absolute Gasteiger partial charge is 0.208 e. The van der Waals surface area contributed by atoms with Crippen LogP contribution in [0.2, 0.25) is 0 Å². The van der Waals surface area contributed by atoms with Gasteiger partial charge in [-0.2, -0.15) is 0 Å². The van der Waals surface area contributed by atoms with Crippen LogP contribution in [0, 0.1) is 5.82 Å². The normalized spacial score (nSPS) is 10.8. The molecule has 2 aromatic carbocycles. The van der Waals surface area contributed by atoms with Gasteiger partial charge in [0.25, 0.3) is 0 Å². The molecule has 0 bridgehead atoms. The average molecular weight is 331 g/mol. The summed E-state index contributed by atoms with van der Waals surface area (Å²) in [6.07, 6.45) is 0. The van der Waals surface area contributed by atoms with Crippen LogP contribution in [-0.4, -0.2) is 26.7 Å². The maximum Gasteiger partial charge on any atom is 0.208 e. The predicted octanol–water partition coefficient (Wildman–Crippen LogP) is 4.50. The zero-order valence-electron chi connectivity index (χ0n) is 11.7. The molecule has 0 fully saturated rings. The summed E-state index contributed by atoms with van der Waals surface area (Å²) >= 11 is 3.07. The number of thioether (sulfide) groups is 2. The fourth-order valence-corrected chi connectivity index (χ4v) is 3.60. The summed E-state index contributed by atoms with van der Waals surface area (Å²) < 4.78 is 13.5. The number of nitrogens with one attached hydrogen (secondary N) is 1. The molecule has 22 heavy (non-hydrogen) atoms. The molecule has 1 aromatic heterocycles. The highest BCUT2D eigenvalue weighted by molar-refractivity contribution is 8.02. The first-order valence-electron chi connectivity index (χ1n) is 6.81. The first kappa shape index (κ1) is 15.1. The molecule has 3 aromatic rings. The highest BCUT2D eigenvalue weighted by atomic mass is 32.2. The number of aromatic amines is 1. The predicted molar refractivity (Wildman–Crippen MR) is 89.7 cm³/mol. The molecule has 0 amide bonds. The molecule has 1 N–H and O–H groups in total. The van der Waals surface area contributed by atoms with Crippen molar-refractivity contribution in [3.05, 3.63) is 60.4 Å². The number of hydrogen-bond donors (Lipinski definition) is 1. The lowest BCUT2D eigenvalue weighted by molar-refractivity contribution is 0.602. The van der Waals surface area contributed by atoms with Gasteiger partial charge in [0.15, 0.2) is 5.82 Å². The van der Waals surface area contributed by atoms with Crippen LogP contribution in [-0.2, 0) is 0 Å². The van der Waals surface area contributed by atoms with Gasteiger partial charge in [0.05, 0.1) is 0 Å². The summed E-state index contributed by atoms with van der Waals surface area (Å²) in [6, 6.07) is 16.7. The third-order valence-corrected chi connectivity index (χ3v) is 5.08. The van der Waals surface area contributed by atoms with E-state index in [4.69, 9.17) is 0 Å². The summed E-state index contributed by atoms with van der Waals surface area (Å²) in [5.41, 5.74) is 1.02. The van der Waals surface area contributed by atoms with Crippen LogP contribution in [0.3, 0.4) is 0 Å². The Balaban J connectivity index is 1.51. The van der Waals surface area contributed by atoms with Gasteiger partial charge in [-0.1, -0.05) is 54.2 Å². The molecule has 0 saturated heterocycles. The monoisotopic (exact) mass is 331 g/mol. The van der Waals surface area contributed by atoms with Crippen molar-refractivity contribution >= 4 is 23.5 Å². The van der Waals surface area contributed by atoms with Crippen molar-refractivity contribution in [3.8, 4) is 11.4 Å². The third-order valence-electron chi connectivity index (χ3n) is 2.92. The molecule has 0 aliphatic carbocycles. The quantitative estimate of drug-likeness (QED) is 0.533. The number of nitrogens with zero attached hydrogens (tertiary/aromatic N) is 2. The van der Waals surface area contributed by atoms with Crippen molar-refractivity contribution < 1.29 is 4.39 Å². The minimum absolute atomic E-state index is 0.165. The van der Waals surface area contributed by atoms with E-state index in [1.165, 1.54) is 17.8 Å². The van der Waals surface area contributed by atoms with Crippen molar-refractivity contribution in [1.82, 2.24) is 15.2 Å². The van der Waals surface area contributed by atoms with Crippen molar-refractivity contribution in [2.45, 2.75) is 10.1 Å². The lowest BCUT2D eigenvalue weighted by Crippen LogP contribution is -1.87. The first-order valence-corrected chi connectivity index (χ1v) is 8.78. The topological polar surface area (TPSA) is 41.6 Å². The second-order valence-electron chi connectivity index (χ2n) is 4.46. The van der Waals surface area contributed by atoms with Crippen LogP contribution < -0.4 is 0 Å². The molecule has 6 heteroatoms. The molecule has 0 unspecified atom stereocenters. The average Bonchev–Trinajstić information content (AvgIpc) is 3.03. The number of halogens is 1. The van der Waals surface area contributed by atoms with Crippen molar-refractivity contribution in [1.29, 1.82) is 0 Å². The lowest BCUT2D eigenvalue weighted by atomic mass is 10.2. The summed E-state index contributed by atoms with van der Waals surface area (Å²) in [5.74, 6) is 2.23. The Hall–Kier alpha value is -1.79. The second kappa shape index (κ2) is 7.47. The molecule has 0 spiro atoms. The number of aromatic nitrogens is 3. The maximum atomic E-state index is 13.5. The summed E-state index contributed by atoms with van der Waals surface area (Å²) in [5, 5.41) is 7.85. The van der Waals surface area contributed by atoms with E-state index in [0.717, 1.165) is 22.9 Å². The van der Waals surface area contributed by atoms with E-state index in [-0.39, 0.29) is 5.82 Å². The van der Waals surface area contributed by atoms with E-state index in [2.05, 4.69) is 15.2 Å². The number of hydrogen-bond acceptors (Lipinski definition) is 4. The zero-order valence-corrected chi connectivity index (χ0v) is 13.3. The Morgan fingerprint density at radius 1 is 0.909 bits per heavy atom. The van der Waals surface area contributed by atoms with Gasteiger partial charge in [-0.05, 0) is 12.1 Å². The highest BCUT2D eigenvalue weighted by Crippen LogP contribution is 2.24. The van der Waals surface area contributed by atoms with E-state index < -0.39 is 0 Å². The maximum absolute atomic E-state index is 13.5. The van der Waals surface area contributed by atoms with E-state index in [0.29, 0.717) is 10.1 Å². The van der Waals surface area contributed by atoms with Crippen molar-refractivity contribution in [2.24, 2.45) is 0 Å². The van der Waals surface area contributed by atoms with Crippen molar-refractivity contribution in [2.75, 3.05) is 11.5 Å². The Bertz CT molecular complexity index is 731. The first-order chi connectivity index (χ1) is 10.8. The Morgan fingerprint density at radius 3 is 2.45 bits per heavy atom. The highest BCUT2D eigenvalue weighted by Gasteiger charge is 2.06. The fourth-order valence-electron chi connectivity index (χ4n) is 1.88. The Kier molecular flexibility index (Phi) is 5.13. The SMILES string of the molecule is Fc1ccccc1SCCSc1n[nH]c(-c2ccccc2)n1.